The molecule has 1 aliphatic rings. The summed E-state index contributed by atoms with van der Waals surface area (Å²) in [5, 5.41) is 0. The fraction of sp³-hybridized carbons (Fsp3) is 0.316. The second kappa shape index (κ2) is 7.47. The third kappa shape index (κ3) is 3.32. The van der Waals surface area contributed by atoms with Crippen LogP contribution in [0.15, 0.2) is 53.4 Å². The van der Waals surface area contributed by atoms with Gasteiger partial charge in [0.25, 0.3) is 0 Å². The normalized spacial score (nSPS) is 17.8. The number of carbonyl (C=O) groups excluding carboxylic acids is 1. The summed E-state index contributed by atoms with van der Waals surface area (Å²) in [4.78, 5) is 12.9. The van der Waals surface area contributed by atoms with Crippen molar-refractivity contribution < 1.29 is 22.7 Å². The Morgan fingerprint density at radius 3 is 2.46 bits per heavy atom. The molecule has 0 radical (unpaired) electrons. The van der Waals surface area contributed by atoms with Crippen molar-refractivity contribution in [2.75, 3.05) is 20.8 Å². The maximum absolute atomic E-state index is 13.2. The number of Topliss-reactive ketones (excluding diaryl/α,β-unsaturated/α-hetero) is 1. The molecule has 0 aromatic heterocycles. The summed E-state index contributed by atoms with van der Waals surface area (Å²) in [7, 11) is -0.972. The van der Waals surface area contributed by atoms with Crippen LogP contribution >= 0.6 is 0 Å². The number of carbonyl (C=O) groups is 1. The Balaban J connectivity index is 1.97. The van der Waals surface area contributed by atoms with Gasteiger partial charge in [0.1, 0.15) is 16.4 Å². The van der Waals surface area contributed by atoms with Crippen LogP contribution in [0.5, 0.6) is 11.5 Å². The third-order valence-electron chi connectivity index (χ3n) is 4.52. The second-order valence-corrected chi connectivity index (χ2v) is 7.88. The van der Waals surface area contributed by atoms with E-state index in [2.05, 4.69) is 0 Å². The van der Waals surface area contributed by atoms with Crippen LogP contribution in [0.4, 0.5) is 0 Å². The maximum Gasteiger partial charge on any atom is 0.247 e. The van der Waals surface area contributed by atoms with Crippen LogP contribution in [0.2, 0.25) is 0 Å². The highest BCUT2D eigenvalue weighted by Gasteiger charge is 2.40. The molecule has 3 rings (SSSR count). The Labute approximate surface area is 153 Å². The predicted octanol–water partition coefficient (Wildman–Crippen LogP) is 2.74. The van der Waals surface area contributed by atoms with Crippen LogP contribution in [0.1, 0.15) is 23.2 Å². The number of hydrogen-bond donors (Lipinski definition) is 0. The lowest BCUT2D eigenvalue weighted by Crippen LogP contribution is -2.40. The molecular weight excluding hydrogens is 354 g/mol. The maximum atomic E-state index is 13.2. The van der Waals surface area contributed by atoms with Gasteiger partial charge >= 0.3 is 0 Å². The Hall–Kier alpha value is -2.38. The number of ketones is 1. The smallest absolute Gasteiger partial charge is 0.247 e. The third-order valence-corrected chi connectivity index (χ3v) is 6.47. The SMILES string of the molecule is COc1ccc(S(=O)(=O)N2CCCC2C(=O)c2ccccc2)c(OC)c1. The molecule has 26 heavy (non-hydrogen) atoms. The molecule has 7 heteroatoms. The number of methoxy groups -OCH3 is 2. The van der Waals surface area contributed by atoms with E-state index in [1.165, 1.54) is 30.7 Å². The standard InChI is InChI=1S/C19H21NO5S/c1-24-15-10-11-18(17(13-15)25-2)26(22,23)20-12-6-9-16(20)19(21)14-7-4-3-5-8-14/h3-5,7-8,10-11,13,16H,6,9,12H2,1-2H3. The topological polar surface area (TPSA) is 72.9 Å². The highest BCUT2D eigenvalue weighted by Crippen LogP contribution is 2.34. The summed E-state index contributed by atoms with van der Waals surface area (Å²) in [6.07, 6.45) is 1.15. The molecule has 0 spiro atoms. The van der Waals surface area contributed by atoms with Crippen LogP contribution in [0.25, 0.3) is 0 Å². The first kappa shape index (κ1) is 18.4. The number of rotatable bonds is 6. The Morgan fingerprint density at radius 2 is 1.81 bits per heavy atom. The van der Waals surface area contributed by atoms with Gasteiger partial charge in [0.15, 0.2) is 5.78 Å². The zero-order valence-electron chi connectivity index (χ0n) is 14.7. The zero-order valence-corrected chi connectivity index (χ0v) is 15.5. The first-order valence-corrected chi connectivity index (χ1v) is 9.76. The van der Waals surface area contributed by atoms with E-state index < -0.39 is 16.1 Å². The molecule has 6 nitrogen and oxygen atoms in total. The van der Waals surface area contributed by atoms with Gasteiger partial charge in [-0.3, -0.25) is 4.79 Å². The van der Waals surface area contributed by atoms with E-state index in [0.717, 1.165) is 0 Å². The van der Waals surface area contributed by atoms with Gasteiger partial charge in [-0.05, 0) is 25.0 Å². The average Bonchev–Trinajstić information content (AvgIpc) is 3.18. The molecule has 2 aromatic rings. The quantitative estimate of drug-likeness (QED) is 0.726. The molecule has 1 unspecified atom stereocenters. The van der Waals surface area contributed by atoms with Gasteiger partial charge < -0.3 is 9.47 Å². The monoisotopic (exact) mass is 375 g/mol. The number of benzene rings is 2. The van der Waals surface area contributed by atoms with E-state index in [1.807, 2.05) is 6.07 Å². The van der Waals surface area contributed by atoms with Crippen LogP contribution in [-0.2, 0) is 10.0 Å². The van der Waals surface area contributed by atoms with Gasteiger partial charge in [-0.15, -0.1) is 0 Å². The molecule has 1 atom stereocenters. The highest BCUT2D eigenvalue weighted by atomic mass is 32.2. The minimum Gasteiger partial charge on any atom is -0.497 e. The van der Waals surface area contributed by atoms with Gasteiger partial charge in [0.2, 0.25) is 10.0 Å². The minimum atomic E-state index is -3.88. The largest absolute Gasteiger partial charge is 0.497 e. The second-order valence-electron chi connectivity index (χ2n) is 6.02. The number of nitrogens with zero attached hydrogens (tertiary/aromatic N) is 1. The zero-order chi connectivity index (χ0) is 18.7. The predicted molar refractivity (Wildman–Crippen MR) is 97.2 cm³/mol. The van der Waals surface area contributed by atoms with E-state index in [-0.39, 0.29) is 16.4 Å². The Morgan fingerprint density at radius 1 is 1.08 bits per heavy atom. The molecule has 0 N–H and O–H groups in total. The van der Waals surface area contributed by atoms with Gasteiger partial charge in [-0.2, -0.15) is 4.31 Å². The molecule has 0 aliphatic carbocycles. The molecule has 0 saturated carbocycles. The lowest BCUT2D eigenvalue weighted by atomic mass is 10.0. The molecule has 1 aliphatic heterocycles. The van der Waals surface area contributed by atoms with Crippen LogP contribution in [-0.4, -0.2) is 45.3 Å². The van der Waals surface area contributed by atoms with Gasteiger partial charge in [-0.1, -0.05) is 30.3 Å². The van der Waals surface area contributed by atoms with Crippen LogP contribution in [0.3, 0.4) is 0 Å². The van der Waals surface area contributed by atoms with Crippen molar-refractivity contribution in [3.05, 3.63) is 54.1 Å². The van der Waals surface area contributed by atoms with E-state index in [0.29, 0.717) is 30.7 Å². The van der Waals surface area contributed by atoms with Crippen molar-refractivity contribution in [1.82, 2.24) is 4.31 Å². The van der Waals surface area contributed by atoms with Crippen molar-refractivity contribution in [2.45, 2.75) is 23.8 Å². The van der Waals surface area contributed by atoms with Crippen molar-refractivity contribution >= 4 is 15.8 Å². The Bertz CT molecular complexity index is 895. The van der Waals surface area contributed by atoms with E-state index in [1.54, 1.807) is 30.3 Å². The summed E-state index contributed by atoms with van der Waals surface area (Å²) in [6, 6.07) is 12.6. The lowest BCUT2D eigenvalue weighted by molar-refractivity contribution is 0.0918. The van der Waals surface area contributed by atoms with Crippen molar-refractivity contribution in [3.8, 4) is 11.5 Å². The molecule has 1 fully saturated rings. The molecule has 0 amide bonds. The number of hydrogen-bond acceptors (Lipinski definition) is 5. The van der Waals surface area contributed by atoms with Gasteiger partial charge in [-0.25, -0.2) is 8.42 Å². The van der Waals surface area contributed by atoms with Crippen LogP contribution in [0, 0.1) is 0 Å². The minimum absolute atomic E-state index is 0.0357. The molecule has 2 aromatic carbocycles. The van der Waals surface area contributed by atoms with Gasteiger partial charge in [0, 0.05) is 18.2 Å². The fourth-order valence-electron chi connectivity index (χ4n) is 3.20. The number of sulfonamides is 1. The van der Waals surface area contributed by atoms with E-state index in [9.17, 15) is 13.2 Å². The van der Waals surface area contributed by atoms with E-state index in [4.69, 9.17) is 9.47 Å². The van der Waals surface area contributed by atoms with Crippen molar-refractivity contribution in [3.63, 3.8) is 0 Å². The summed E-state index contributed by atoms with van der Waals surface area (Å²) >= 11 is 0. The molecule has 1 saturated heterocycles. The van der Waals surface area contributed by atoms with Crippen LogP contribution < -0.4 is 9.47 Å². The summed E-state index contributed by atoms with van der Waals surface area (Å²) in [6.45, 7) is 0.306. The lowest BCUT2D eigenvalue weighted by Gasteiger charge is -2.24. The van der Waals surface area contributed by atoms with Gasteiger partial charge in [0.05, 0.1) is 20.3 Å². The Kier molecular flexibility index (Phi) is 5.29. The summed E-state index contributed by atoms with van der Waals surface area (Å²) in [5.74, 6) is 0.514. The molecular formula is C19H21NO5S. The first-order valence-electron chi connectivity index (χ1n) is 8.32. The molecule has 1 heterocycles. The first-order chi connectivity index (χ1) is 12.5. The molecule has 0 bridgehead atoms. The number of ether oxygens (including phenoxy) is 2. The fourth-order valence-corrected chi connectivity index (χ4v) is 4.99. The summed E-state index contributed by atoms with van der Waals surface area (Å²) in [5.41, 5.74) is 0.515. The average molecular weight is 375 g/mol. The summed E-state index contributed by atoms with van der Waals surface area (Å²) < 4.78 is 38.1. The van der Waals surface area contributed by atoms with Crippen molar-refractivity contribution in [2.24, 2.45) is 0 Å². The molecule has 138 valence electrons. The van der Waals surface area contributed by atoms with Crippen molar-refractivity contribution in [1.29, 1.82) is 0 Å². The van der Waals surface area contributed by atoms with E-state index >= 15 is 0 Å². The highest BCUT2D eigenvalue weighted by molar-refractivity contribution is 7.89.